The van der Waals surface area contributed by atoms with Crippen molar-refractivity contribution in [3.63, 3.8) is 0 Å². The topological polar surface area (TPSA) is 46.2 Å². The summed E-state index contributed by atoms with van der Waals surface area (Å²) in [5.41, 5.74) is 2.91. The van der Waals surface area contributed by atoms with Crippen LogP contribution in [0.1, 0.15) is 38.8 Å². The van der Waals surface area contributed by atoms with Gasteiger partial charge in [-0.15, -0.1) is 0 Å². The number of rotatable bonds is 4. The van der Waals surface area contributed by atoms with Crippen LogP contribution in [0, 0.1) is 0 Å². The zero-order chi connectivity index (χ0) is 16.4. The number of nitrogens with one attached hydrogen (secondary N) is 1. The predicted octanol–water partition coefficient (Wildman–Crippen LogP) is 4.35. The Bertz CT molecular complexity index is 724. The summed E-state index contributed by atoms with van der Waals surface area (Å²) in [4.78, 5) is 0.282. The van der Waals surface area contributed by atoms with E-state index in [1.54, 1.807) is 24.3 Å². The largest absolute Gasteiger partial charge is 0.280 e. The second-order valence-corrected chi connectivity index (χ2v) is 8.11. The van der Waals surface area contributed by atoms with Crippen LogP contribution in [0.25, 0.3) is 0 Å². The number of hydrogen-bond donors (Lipinski definition) is 1. The molecule has 118 valence electrons. The molecule has 22 heavy (non-hydrogen) atoms. The van der Waals surface area contributed by atoms with Crippen molar-refractivity contribution in [2.45, 2.75) is 44.4 Å². The predicted molar refractivity (Wildman–Crippen MR) is 91.8 cm³/mol. The minimum atomic E-state index is -3.54. The molecule has 4 heteroatoms. The van der Waals surface area contributed by atoms with Gasteiger partial charge in [-0.2, -0.15) is 0 Å². The first kappa shape index (κ1) is 16.6. The van der Waals surface area contributed by atoms with Crippen molar-refractivity contribution in [2.75, 3.05) is 4.72 Å². The van der Waals surface area contributed by atoms with Crippen LogP contribution in [0.15, 0.2) is 53.4 Å². The lowest BCUT2D eigenvalue weighted by molar-refractivity contribution is 0.590. The Hall–Kier alpha value is -1.81. The summed E-state index contributed by atoms with van der Waals surface area (Å²) >= 11 is 0. The Morgan fingerprint density at radius 1 is 0.909 bits per heavy atom. The van der Waals surface area contributed by atoms with Crippen molar-refractivity contribution in [3.8, 4) is 0 Å². The molecule has 0 amide bonds. The van der Waals surface area contributed by atoms with Crippen molar-refractivity contribution in [1.82, 2.24) is 0 Å². The molecular formula is C18H23NO2S. The fraction of sp³-hybridized carbons (Fsp3) is 0.333. The van der Waals surface area contributed by atoms with E-state index in [-0.39, 0.29) is 10.3 Å². The Labute approximate surface area is 133 Å². The maximum absolute atomic E-state index is 12.4. The van der Waals surface area contributed by atoms with Crippen molar-refractivity contribution in [1.29, 1.82) is 0 Å². The van der Waals surface area contributed by atoms with E-state index in [1.807, 2.05) is 31.2 Å². The maximum atomic E-state index is 12.4. The molecule has 1 N–H and O–H groups in total. The summed E-state index contributed by atoms with van der Waals surface area (Å²) in [6, 6.07) is 14.5. The van der Waals surface area contributed by atoms with Gasteiger partial charge in [0.25, 0.3) is 10.0 Å². The number of hydrogen-bond acceptors (Lipinski definition) is 2. The van der Waals surface area contributed by atoms with Crippen LogP contribution in [0.4, 0.5) is 5.69 Å². The second-order valence-electron chi connectivity index (χ2n) is 6.43. The SMILES string of the molecule is CCc1ccc(S(=O)(=O)Nc2ccc(C(C)(C)C)cc2)cc1. The molecule has 0 aliphatic heterocycles. The molecule has 3 nitrogen and oxygen atoms in total. The average molecular weight is 317 g/mol. The highest BCUT2D eigenvalue weighted by molar-refractivity contribution is 7.92. The standard InChI is InChI=1S/C18H23NO2S/c1-5-14-6-12-17(13-7-14)22(20,21)19-16-10-8-15(9-11-16)18(2,3)4/h6-13,19H,5H2,1-4H3. The van der Waals surface area contributed by atoms with Crippen LogP contribution < -0.4 is 4.72 Å². The summed E-state index contributed by atoms with van der Waals surface area (Å²) in [5, 5.41) is 0. The van der Waals surface area contributed by atoms with E-state index in [9.17, 15) is 8.42 Å². The molecule has 0 aliphatic carbocycles. The van der Waals surface area contributed by atoms with Crippen molar-refractivity contribution in [2.24, 2.45) is 0 Å². The smallest absolute Gasteiger partial charge is 0.261 e. The van der Waals surface area contributed by atoms with Gasteiger partial charge in [-0.3, -0.25) is 4.72 Å². The van der Waals surface area contributed by atoms with E-state index in [2.05, 4.69) is 25.5 Å². The lowest BCUT2D eigenvalue weighted by Gasteiger charge is -2.19. The Kier molecular flexibility index (Phi) is 4.61. The van der Waals surface area contributed by atoms with Crippen molar-refractivity contribution >= 4 is 15.7 Å². The third kappa shape index (κ3) is 3.89. The molecule has 0 saturated carbocycles. The molecule has 0 heterocycles. The lowest BCUT2D eigenvalue weighted by Crippen LogP contribution is -2.14. The van der Waals surface area contributed by atoms with Gasteiger partial charge in [-0.1, -0.05) is 52.0 Å². The molecule has 2 aromatic rings. The van der Waals surface area contributed by atoms with Crippen LogP contribution in [0.5, 0.6) is 0 Å². The zero-order valence-corrected chi connectivity index (χ0v) is 14.4. The van der Waals surface area contributed by atoms with Crippen LogP contribution in [-0.4, -0.2) is 8.42 Å². The molecule has 0 saturated heterocycles. The number of sulfonamides is 1. The van der Waals surface area contributed by atoms with E-state index in [0.717, 1.165) is 12.0 Å². The molecule has 0 radical (unpaired) electrons. The Balaban J connectivity index is 2.21. The Morgan fingerprint density at radius 3 is 1.91 bits per heavy atom. The van der Waals surface area contributed by atoms with Crippen molar-refractivity contribution in [3.05, 3.63) is 59.7 Å². The Morgan fingerprint density at radius 2 is 1.45 bits per heavy atom. The summed E-state index contributed by atoms with van der Waals surface area (Å²) in [6.45, 7) is 8.42. The molecule has 0 spiro atoms. The van der Waals surface area contributed by atoms with Gasteiger partial charge in [-0.25, -0.2) is 8.42 Å². The average Bonchev–Trinajstić information content (AvgIpc) is 2.46. The molecule has 0 bridgehead atoms. The normalized spacial score (nSPS) is 12.2. The quantitative estimate of drug-likeness (QED) is 0.911. The fourth-order valence-electron chi connectivity index (χ4n) is 2.16. The van der Waals surface area contributed by atoms with Gasteiger partial charge in [0.15, 0.2) is 0 Å². The van der Waals surface area contributed by atoms with Gasteiger partial charge >= 0.3 is 0 Å². The highest BCUT2D eigenvalue weighted by Crippen LogP contribution is 2.24. The molecule has 0 aromatic heterocycles. The van der Waals surface area contributed by atoms with Crippen molar-refractivity contribution < 1.29 is 8.42 Å². The monoisotopic (exact) mass is 317 g/mol. The summed E-state index contributed by atoms with van der Waals surface area (Å²) in [7, 11) is -3.54. The molecule has 2 aromatic carbocycles. The number of benzene rings is 2. The minimum absolute atomic E-state index is 0.0490. The van der Waals surface area contributed by atoms with Crippen LogP contribution in [-0.2, 0) is 21.9 Å². The first-order valence-electron chi connectivity index (χ1n) is 7.44. The highest BCUT2D eigenvalue weighted by Gasteiger charge is 2.16. The summed E-state index contributed by atoms with van der Waals surface area (Å²) in [5.74, 6) is 0. The minimum Gasteiger partial charge on any atom is -0.280 e. The van der Waals surface area contributed by atoms with Crippen LogP contribution in [0.3, 0.4) is 0 Å². The van der Waals surface area contributed by atoms with Gasteiger partial charge in [0.05, 0.1) is 4.90 Å². The van der Waals surface area contributed by atoms with E-state index >= 15 is 0 Å². The second kappa shape index (κ2) is 6.13. The highest BCUT2D eigenvalue weighted by atomic mass is 32.2. The molecule has 0 unspecified atom stereocenters. The van der Waals surface area contributed by atoms with Gasteiger partial charge in [0.2, 0.25) is 0 Å². The van der Waals surface area contributed by atoms with Gasteiger partial charge in [0, 0.05) is 5.69 Å². The van der Waals surface area contributed by atoms with E-state index in [4.69, 9.17) is 0 Å². The maximum Gasteiger partial charge on any atom is 0.261 e. The molecule has 0 fully saturated rings. The van der Waals surface area contributed by atoms with E-state index in [0.29, 0.717) is 5.69 Å². The molecular weight excluding hydrogens is 294 g/mol. The van der Waals surface area contributed by atoms with E-state index in [1.165, 1.54) is 5.56 Å². The van der Waals surface area contributed by atoms with Gasteiger partial charge < -0.3 is 0 Å². The zero-order valence-electron chi connectivity index (χ0n) is 13.6. The lowest BCUT2D eigenvalue weighted by atomic mass is 9.87. The van der Waals surface area contributed by atoms with Crippen LogP contribution in [0.2, 0.25) is 0 Å². The first-order chi connectivity index (χ1) is 10.2. The number of anilines is 1. The van der Waals surface area contributed by atoms with Gasteiger partial charge in [-0.05, 0) is 47.2 Å². The van der Waals surface area contributed by atoms with Gasteiger partial charge in [0.1, 0.15) is 0 Å². The third-order valence-corrected chi connectivity index (χ3v) is 5.04. The molecule has 2 rings (SSSR count). The third-order valence-electron chi connectivity index (χ3n) is 3.65. The fourth-order valence-corrected chi connectivity index (χ4v) is 3.22. The van der Waals surface area contributed by atoms with Crippen LogP contribution >= 0.6 is 0 Å². The molecule has 0 aliphatic rings. The summed E-state index contributed by atoms with van der Waals surface area (Å²) < 4.78 is 27.4. The van der Waals surface area contributed by atoms with E-state index < -0.39 is 10.0 Å². The molecule has 0 atom stereocenters. The summed E-state index contributed by atoms with van der Waals surface area (Å²) in [6.07, 6.45) is 0.891. The number of aryl methyl sites for hydroxylation is 1. The first-order valence-corrected chi connectivity index (χ1v) is 8.93.